The van der Waals surface area contributed by atoms with E-state index in [9.17, 15) is 14.4 Å². The lowest BCUT2D eigenvalue weighted by Crippen LogP contribution is -2.48. The topological polar surface area (TPSA) is 66.9 Å². The molecule has 0 bridgehead atoms. The van der Waals surface area contributed by atoms with Gasteiger partial charge >= 0.3 is 5.97 Å². The minimum Gasteiger partial charge on any atom is -0.467 e. The second kappa shape index (κ2) is 7.86. The predicted molar refractivity (Wildman–Crippen MR) is 116 cm³/mol. The van der Waals surface area contributed by atoms with Gasteiger partial charge in [0.15, 0.2) is 0 Å². The second-order valence-corrected chi connectivity index (χ2v) is 9.22. The van der Waals surface area contributed by atoms with Crippen molar-refractivity contribution >= 4 is 40.6 Å². The largest absolute Gasteiger partial charge is 0.467 e. The number of amides is 2. The number of anilines is 1. The molecule has 156 valence electrons. The van der Waals surface area contributed by atoms with Crippen LogP contribution in [0.15, 0.2) is 23.1 Å². The van der Waals surface area contributed by atoms with E-state index in [0.29, 0.717) is 10.8 Å². The van der Waals surface area contributed by atoms with Gasteiger partial charge in [0, 0.05) is 17.8 Å². The summed E-state index contributed by atoms with van der Waals surface area (Å²) in [6.07, 6.45) is 2.78. The molecule has 2 amide bonds. The summed E-state index contributed by atoms with van der Waals surface area (Å²) in [6.45, 7) is 11.3. The van der Waals surface area contributed by atoms with Gasteiger partial charge in [0.05, 0.1) is 12.0 Å². The third kappa shape index (κ3) is 3.80. The molecular formula is C22H28N2O4S. The van der Waals surface area contributed by atoms with Crippen molar-refractivity contribution in [1.29, 1.82) is 0 Å². The van der Waals surface area contributed by atoms with Crippen LogP contribution in [0.1, 0.15) is 58.1 Å². The van der Waals surface area contributed by atoms with E-state index in [1.165, 1.54) is 25.3 Å². The molecule has 0 saturated carbocycles. The van der Waals surface area contributed by atoms with E-state index in [1.54, 1.807) is 6.08 Å². The molecule has 0 radical (unpaired) electrons. The Bertz CT molecular complexity index is 893. The molecule has 29 heavy (non-hydrogen) atoms. The lowest BCUT2D eigenvalue weighted by molar-refractivity contribution is -0.148. The molecule has 2 heterocycles. The van der Waals surface area contributed by atoms with Crippen molar-refractivity contribution in [3.63, 3.8) is 0 Å². The Morgan fingerprint density at radius 1 is 1.38 bits per heavy atom. The standard InChI is InChI=1S/C22H28N2O4S/c1-7-23-17-9-8-15(10-16(17)13(2)12-22(23,4)5)11-18-19(25)24(21(27)29-18)14(3)20(26)28-6/h8-11,13-14H,7,12H2,1-6H3/b18-11+/t13-,14+/m0/s1. The number of esters is 1. The number of carbonyl (C=O) groups excluding carboxylic acids is 3. The average molecular weight is 417 g/mol. The zero-order chi connectivity index (χ0) is 21.5. The highest BCUT2D eigenvalue weighted by Gasteiger charge is 2.41. The lowest BCUT2D eigenvalue weighted by atomic mass is 9.79. The molecule has 0 aliphatic carbocycles. The fraction of sp³-hybridized carbons (Fsp3) is 0.500. The van der Waals surface area contributed by atoms with Crippen molar-refractivity contribution in [2.24, 2.45) is 0 Å². The van der Waals surface area contributed by atoms with Gasteiger partial charge in [-0.05, 0) is 81.1 Å². The van der Waals surface area contributed by atoms with Crippen LogP contribution < -0.4 is 4.90 Å². The van der Waals surface area contributed by atoms with E-state index in [1.807, 2.05) is 6.07 Å². The van der Waals surface area contributed by atoms with Gasteiger partial charge in [-0.3, -0.25) is 14.5 Å². The summed E-state index contributed by atoms with van der Waals surface area (Å²) in [5.74, 6) is -0.677. The molecule has 0 spiro atoms. The van der Waals surface area contributed by atoms with Gasteiger partial charge in [0.2, 0.25) is 0 Å². The summed E-state index contributed by atoms with van der Waals surface area (Å²) in [5, 5.41) is -0.454. The van der Waals surface area contributed by atoms with E-state index in [4.69, 9.17) is 0 Å². The fourth-order valence-corrected chi connectivity index (χ4v) is 5.35. The SMILES string of the molecule is CCN1c2ccc(/C=C3/SC(=O)N([C@H](C)C(=O)OC)C3=O)cc2[C@@H](C)CC1(C)C. The Hall–Kier alpha value is -2.28. The smallest absolute Gasteiger partial charge is 0.328 e. The van der Waals surface area contributed by atoms with Gasteiger partial charge in [-0.15, -0.1) is 0 Å². The van der Waals surface area contributed by atoms with Crippen LogP contribution in [-0.2, 0) is 14.3 Å². The van der Waals surface area contributed by atoms with Crippen LogP contribution in [0.25, 0.3) is 6.08 Å². The first-order valence-electron chi connectivity index (χ1n) is 9.87. The summed E-state index contributed by atoms with van der Waals surface area (Å²) in [6, 6.07) is 5.24. The summed E-state index contributed by atoms with van der Waals surface area (Å²) in [5.41, 5.74) is 3.44. The van der Waals surface area contributed by atoms with Crippen molar-refractivity contribution in [1.82, 2.24) is 4.90 Å². The molecule has 3 rings (SSSR count). The van der Waals surface area contributed by atoms with Gasteiger partial charge in [-0.2, -0.15) is 0 Å². The number of ether oxygens (including phenoxy) is 1. The molecule has 1 saturated heterocycles. The van der Waals surface area contributed by atoms with E-state index in [2.05, 4.69) is 49.5 Å². The maximum atomic E-state index is 12.7. The highest BCUT2D eigenvalue weighted by Crippen LogP contribution is 2.44. The molecule has 0 unspecified atom stereocenters. The Morgan fingerprint density at radius 3 is 2.69 bits per heavy atom. The number of benzene rings is 1. The van der Waals surface area contributed by atoms with Gasteiger partial charge < -0.3 is 9.64 Å². The first-order valence-corrected chi connectivity index (χ1v) is 10.7. The number of fused-ring (bicyclic) bond motifs is 1. The zero-order valence-electron chi connectivity index (χ0n) is 17.8. The Morgan fingerprint density at radius 2 is 2.07 bits per heavy atom. The van der Waals surface area contributed by atoms with Crippen LogP contribution in [0.5, 0.6) is 0 Å². The number of nitrogens with zero attached hydrogens (tertiary/aromatic N) is 2. The summed E-state index contributed by atoms with van der Waals surface area (Å²) >= 11 is 0.856. The van der Waals surface area contributed by atoms with E-state index in [-0.39, 0.29) is 5.54 Å². The Balaban J connectivity index is 1.93. The van der Waals surface area contributed by atoms with Crippen molar-refractivity contribution in [2.45, 2.75) is 58.5 Å². The van der Waals surface area contributed by atoms with Gasteiger partial charge in [0.25, 0.3) is 11.1 Å². The fourth-order valence-electron chi connectivity index (χ4n) is 4.44. The van der Waals surface area contributed by atoms with Crippen LogP contribution in [0.4, 0.5) is 10.5 Å². The second-order valence-electron chi connectivity index (χ2n) is 8.23. The first kappa shape index (κ1) is 21.4. The molecule has 0 aromatic heterocycles. The first-order chi connectivity index (χ1) is 13.6. The van der Waals surface area contributed by atoms with Crippen LogP contribution in [-0.4, -0.2) is 47.3 Å². The molecule has 7 heteroatoms. The highest BCUT2D eigenvalue weighted by atomic mass is 32.2. The molecule has 6 nitrogen and oxygen atoms in total. The molecule has 2 atom stereocenters. The van der Waals surface area contributed by atoms with E-state index in [0.717, 1.165) is 35.2 Å². The molecular weight excluding hydrogens is 388 g/mol. The number of imide groups is 1. The third-order valence-corrected chi connectivity index (χ3v) is 6.66. The van der Waals surface area contributed by atoms with Crippen molar-refractivity contribution < 1.29 is 19.1 Å². The monoisotopic (exact) mass is 416 g/mol. The van der Waals surface area contributed by atoms with Gasteiger partial charge in [-0.25, -0.2) is 4.79 Å². The van der Waals surface area contributed by atoms with Crippen molar-refractivity contribution in [3.8, 4) is 0 Å². The molecule has 2 aliphatic heterocycles. The Kier molecular flexibility index (Phi) is 5.81. The maximum Gasteiger partial charge on any atom is 0.328 e. The molecule has 1 aromatic rings. The zero-order valence-corrected chi connectivity index (χ0v) is 18.6. The van der Waals surface area contributed by atoms with Crippen LogP contribution >= 0.6 is 11.8 Å². The average Bonchev–Trinajstić information content (AvgIpc) is 2.93. The number of hydrogen-bond acceptors (Lipinski definition) is 6. The van der Waals surface area contributed by atoms with E-state index < -0.39 is 23.2 Å². The van der Waals surface area contributed by atoms with Crippen LogP contribution in [0, 0.1) is 0 Å². The molecule has 0 N–H and O–H groups in total. The van der Waals surface area contributed by atoms with Crippen molar-refractivity contribution in [2.75, 3.05) is 18.6 Å². The third-order valence-electron chi connectivity index (χ3n) is 5.78. The summed E-state index contributed by atoms with van der Waals surface area (Å²) in [7, 11) is 1.24. The summed E-state index contributed by atoms with van der Waals surface area (Å²) in [4.78, 5) is 40.5. The number of carbonyl (C=O) groups is 3. The maximum absolute atomic E-state index is 12.7. The lowest BCUT2D eigenvalue weighted by Gasteiger charge is -2.47. The normalized spacial score (nSPS) is 23.4. The molecule has 1 aromatic carbocycles. The van der Waals surface area contributed by atoms with Crippen LogP contribution in [0.3, 0.4) is 0 Å². The number of thioether (sulfide) groups is 1. The quantitative estimate of drug-likeness (QED) is 0.535. The summed E-state index contributed by atoms with van der Waals surface area (Å²) < 4.78 is 4.67. The van der Waals surface area contributed by atoms with Gasteiger partial charge in [0.1, 0.15) is 6.04 Å². The number of hydrogen-bond donors (Lipinski definition) is 0. The van der Waals surface area contributed by atoms with E-state index >= 15 is 0 Å². The Labute approximate surface area is 176 Å². The van der Waals surface area contributed by atoms with Crippen LogP contribution in [0.2, 0.25) is 0 Å². The minimum absolute atomic E-state index is 0.0926. The highest BCUT2D eigenvalue weighted by molar-refractivity contribution is 8.18. The van der Waals surface area contributed by atoms with Crippen molar-refractivity contribution in [3.05, 3.63) is 34.2 Å². The number of rotatable bonds is 4. The predicted octanol–water partition coefficient (Wildman–Crippen LogP) is 4.40. The minimum atomic E-state index is -0.942. The molecule has 2 aliphatic rings. The van der Waals surface area contributed by atoms with Gasteiger partial charge in [-0.1, -0.05) is 13.0 Å². The molecule has 1 fully saturated rings. The number of methoxy groups -OCH3 is 1.